The second kappa shape index (κ2) is 6.83. The highest BCUT2D eigenvalue weighted by molar-refractivity contribution is 7.92. The highest BCUT2D eigenvalue weighted by Gasteiger charge is 2.29. The van der Waals surface area contributed by atoms with Gasteiger partial charge in [-0.15, -0.1) is 0 Å². The van der Waals surface area contributed by atoms with Crippen molar-refractivity contribution in [3.05, 3.63) is 48.0 Å². The van der Waals surface area contributed by atoms with E-state index in [-0.39, 0.29) is 11.4 Å². The van der Waals surface area contributed by atoms with E-state index in [0.717, 1.165) is 35.2 Å². The molecule has 0 radical (unpaired) electrons. The number of benzene rings is 2. The van der Waals surface area contributed by atoms with Crippen molar-refractivity contribution in [3.8, 4) is 5.75 Å². The Hall–Kier alpha value is -3.21. The first-order valence-corrected chi connectivity index (χ1v) is 8.93. The number of carboxylic acids is 1. The first-order valence-electron chi connectivity index (χ1n) is 7.45. The molecular formula is C16H12F2N2O6S. The molecule has 1 amide bonds. The predicted molar refractivity (Wildman–Crippen MR) is 89.1 cm³/mol. The van der Waals surface area contributed by atoms with Crippen molar-refractivity contribution in [2.75, 3.05) is 22.8 Å². The normalized spacial score (nSPS) is 13.7. The topological polar surface area (TPSA) is 113 Å². The molecule has 0 bridgehead atoms. The van der Waals surface area contributed by atoms with Crippen LogP contribution in [-0.2, 0) is 19.6 Å². The number of hydrogen-bond acceptors (Lipinski definition) is 5. The largest absolute Gasteiger partial charge is 0.482 e. The molecule has 2 N–H and O–H groups in total. The zero-order chi connectivity index (χ0) is 19.8. The van der Waals surface area contributed by atoms with E-state index in [1.54, 1.807) is 4.72 Å². The van der Waals surface area contributed by atoms with Gasteiger partial charge in [0.1, 0.15) is 29.6 Å². The van der Waals surface area contributed by atoms with E-state index in [9.17, 15) is 26.8 Å². The van der Waals surface area contributed by atoms with Gasteiger partial charge in [0, 0.05) is 0 Å². The van der Waals surface area contributed by atoms with Crippen LogP contribution in [0.4, 0.5) is 20.2 Å². The van der Waals surface area contributed by atoms with Crippen LogP contribution in [0.2, 0.25) is 0 Å². The lowest BCUT2D eigenvalue weighted by Crippen LogP contribution is -2.42. The van der Waals surface area contributed by atoms with Crippen LogP contribution >= 0.6 is 0 Å². The number of ether oxygens (including phenoxy) is 1. The Morgan fingerprint density at radius 1 is 1.22 bits per heavy atom. The van der Waals surface area contributed by atoms with Gasteiger partial charge in [0.2, 0.25) is 0 Å². The van der Waals surface area contributed by atoms with Gasteiger partial charge in [-0.05, 0) is 30.3 Å². The molecule has 27 heavy (non-hydrogen) atoms. The molecule has 0 unspecified atom stereocenters. The number of nitrogens with one attached hydrogen (secondary N) is 1. The highest BCUT2D eigenvalue weighted by atomic mass is 32.2. The van der Waals surface area contributed by atoms with E-state index in [1.807, 2.05) is 0 Å². The molecule has 0 atom stereocenters. The minimum Gasteiger partial charge on any atom is -0.482 e. The molecule has 0 aliphatic carbocycles. The number of fused-ring (bicyclic) bond motifs is 1. The van der Waals surface area contributed by atoms with Crippen LogP contribution in [0.15, 0.2) is 41.3 Å². The molecule has 0 fully saturated rings. The number of sulfonamides is 1. The quantitative estimate of drug-likeness (QED) is 0.791. The number of para-hydroxylation sites is 1. The van der Waals surface area contributed by atoms with E-state index in [2.05, 4.69) is 0 Å². The zero-order valence-electron chi connectivity index (χ0n) is 13.5. The SMILES string of the molecule is O=C(O)CN1C(=O)COc2ccc(S(=O)(=O)Nc3c(F)cccc3F)cc21. The molecule has 2 aromatic carbocycles. The summed E-state index contributed by atoms with van der Waals surface area (Å²) in [5.74, 6) is -4.10. The average Bonchev–Trinajstić information content (AvgIpc) is 2.60. The van der Waals surface area contributed by atoms with Gasteiger partial charge in [-0.3, -0.25) is 19.2 Å². The molecule has 0 spiro atoms. The van der Waals surface area contributed by atoms with Gasteiger partial charge in [0.05, 0.1) is 10.6 Å². The third kappa shape index (κ3) is 3.67. The number of hydrogen-bond donors (Lipinski definition) is 2. The molecule has 11 heteroatoms. The molecule has 1 aliphatic heterocycles. The number of carbonyl (C=O) groups is 2. The van der Waals surface area contributed by atoms with Crippen LogP contribution < -0.4 is 14.4 Å². The van der Waals surface area contributed by atoms with Gasteiger partial charge in [-0.1, -0.05) is 6.07 Å². The second-order valence-corrected chi connectivity index (χ2v) is 7.18. The van der Waals surface area contributed by atoms with Gasteiger partial charge in [0.25, 0.3) is 15.9 Å². The number of nitrogens with zero attached hydrogens (tertiary/aromatic N) is 1. The van der Waals surface area contributed by atoms with Crippen molar-refractivity contribution in [1.82, 2.24) is 0 Å². The Morgan fingerprint density at radius 3 is 2.52 bits per heavy atom. The Balaban J connectivity index is 2.01. The summed E-state index contributed by atoms with van der Waals surface area (Å²) in [7, 11) is -4.43. The van der Waals surface area contributed by atoms with E-state index >= 15 is 0 Å². The maximum atomic E-state index is 13.7. The smallest absolute Gasteiger partial charge is 0.323 e. The lowest BCUT2D eigenvalue weighted by Gasteiger charge is -2.28. The van der Waals surface area contributed by atoms with Gasteiger partial charge < -0.3 is 9.84 Å². The summed E-state index contributed by atoms with van der Waals surface area (Å²) in [5, 5.41) is 8.95. The summed E-state index contributed by atoms with van der Waals surface area (Å²) in [4.78, 5) is 23.3. The monoisotopic (exact) mass is 398 g/mol. The maximum absolute atomic E-state index is 13.7. The maximum Gasteiger partial charge on any atom is 0.323 e. The molecule has 1 heterocycles. The molecule has 0 aromatic heterocycles. The van der Waals surface area contributed by atoms with Gasteiger partial charge >= 0.3 is 5.97 Å². The standard InChI is InChI=1S/C16H12F2N2O6S/c17-10-2-1-3-11(18)16(10)19-27(24,25)9-4-5-13-12(6-9)20(7-15(22)23)14(21)8-26-13/h1-6,19H,7-8H2,(H,22,23). The second-order valence-electron chi connectivity index (χ2n) is 5.49. The first-order chi connectivity index (χ1) is 12.7. The summed E-state index contributed by atoms with van der Waals surface area (Å²) in [5.41, 5.74) is -0.935. The van der Waals surface area contributed by atoms with Crippen molar-refractivity contribution < 1.29 is 36.6 Å². The number of anilines is 2. The number of rotatable bonds is 5. The third-order valence-corrected chi connectivity index (χ3v) is 5.02. The molecular weight excluding hydrogens is 386 g/mol. The van der Waals surface area contributed by atoms with Gasteiger partial charge in [0.15, 0.2) is 6.61 Å². The Bertz CT molecular complexity index is 1020. The van der Waals surface area contributed by atoms with Crippen molar-refractivity contribution in [1.29, 1.82) is 0 Å². The zero-order valence-corrected chi connectivity index (χ0v) is 14.3. The Kier molecular flexibility index (Phi) is 4.70. The van der Waals surface area contributed by atoms with E-state index < -0.39 is 57.3 Å². The van der Waals surface area contributed by atoms with Crippen LogP contribution in [-0.4, -0.2) is 38.6 Å². The molecule has 0 saturated carbocycles. The minimum absolute atomic E-state index is 0.0782. The number of halogens is 2. The van der Waals surface area contributed by atoms with Crippen molar-refractivity contribution in [3.63, 3.8) is 0 Å². The van der Waals surface area contributed by atoms with Crippen LogP contribution in [0.3, 0.4) is 0 Å². The minimum atomic E-state index is -4.43. The van der Waals surface area contributed by atoms with Gasteiger partial charge in [-0.2, -0.15) is 0 Å². The molecule has 142 valence electrons. The summed E-state index contributed by atoms with van der Waals surface area (Å²) in [6.07, 6.45) is 0. The fraction of sp³-hybridized carbons (Fsp3) is 0.125. The van der Waals surface area contributed by atoms with E-state index in [1.165, 1.54) is 6.07 Å². The average molecular weight is 398 g/mol. The summed E-state index contributed by atoms with van der Waals surface area (Å²) in [6, 6.07) is 6.17. The van der Waals surface area contributed by atoms with Crippen molar-refractivity contribution >= 4 is 33.3 Å². The van der Waals surface area contributed by atoms with E-state index in [0.29, 0.717) is 0 Å². The molecule has 3 rings (SSSR count). The molecule has 2 aromatic rings. The lowest BCUT2D eigenvalue weighted by molar-refractivity contribution is -0.137. The Morgan fingerprint density at radius 2 is 1.89 bits per heavy atom. The van der Waals surface area contributed by atoms with Crippen LogP contribution in [0.1, 0.15) is 0 Å². The number of carboxylic acid groups (broad SMARTS) is 1. The number of carbonyl (C=O) groups excluding carboxylic acids is 1. The predicted octanol–water partition coefficient (Wildman–Crippen LogP) is 1.58. The highest BCUT2D eigenvalue weighted by Crippen LogP contribution is 2.34. The third-order valence-electron chi connectivity index (χ3n) is 3.68. The molecule has 8 nitrogen and oxygen atoms in total. The fourth-order valence-corrected chi connectivity index (χ4v) is 3.54. The van der Waals surface area contributed by atoms with Crippen molar-refractivity contribution in [2.24, 2.45) is 0 Å². The van der Waals surface area contributed by atoms with E-state index in [4.69, 9.17) is 9.84 Å². The number of aliphatic carboxylic acids is 1. The molecule has 0 saturated heterocycles. The lowest BCUT2D eigenvalue weighted by atomic mass is 10.2. The van der Waals surface area contributed by atoms with Crippen LogP contribution in [0.5, 0.6) is 5.75 Å². The van der Waals surface area contributed by atoms with Crippen molar-refractivity contribution in [2.45, 2.75) is 4.90 Å². The fourth-order valence-electron chi connectivity index (χ4n) is 2.45. The first kappa shape index (κ1) is 18.6. The van der Waals surface area contributed by atoms with Crippen LogP contribution in [0, 0.1) is 11.6 Å². The molecule has 1 aliphatic rings. The summed E-state index contributed by atoms with van der Waals surface area (Å²) < 4.78 is 59.4. The number of amides is 1. The summed E-state index contributed by atoms with van der Waals surface area (Å²) >= 11 is 0. The van der Waals surface area contributed by atoms with Gasteiger partial charge in [-0.25, -0.2) is 17.2 Å². The summed E-state index contributed by atoms with van der Waals surface area (Å²) in [6.45, 7) is -1.10. The Labute approximate surface area is 152 Å². The van der Waals surface area contributed by atoms with Crippen LogP contribution in [0.25, 0.3) is 0 Å².